The second-order valence-electron chi connectivity index (χ2n) is 5.79. The lowest BCUT2D eigenvalue weighted by atomic mass is 10.1. The zero-order valence-electron chi connectivity index (χ0n) is 13.1. The van der Waals surface area contributed by atoms with Gasteiger partial charge >= 0.3 is 0 Å². The summed E-state index contributed by atoms with van der Waals surface area (Å²) < 4.78 is 0. The van der Waals surface area contributed by atoms with Crippen LogP contribution in [0.1, 0.15) is 51.5 Å². The highest BCUT2D eigenvalue weighted by molar-refractivity contribution is 5.51. The highest BCUT2D eigenvalue weighted by Gasteiger charge is 2.06. The van der Waals surface area contributed by atoms with E-state index in [4.69, 9.17) is 0 Å². The molecule has 0 aliphatic heterocycles. The number of para-hydroxylation sites is 1. The minimum atomic E-state index is 0.556. The van der Waals surface area contributed by atoms with Crippen molar-refractivity contribution in [3.8, 4) is 0 Å². The van der Waals surface area contributed by atoms with E-state index in [9.17, 15) is 0 Å². The fourth-order valence-electron chi connectivity index (χ4n) is 2.35. The third-order valence-corrected chi connectivity index (χ3v) is 3.40. The summed E-state index contributed by atoms with van der Waals surface area (Å²) in [7, 11) is 4.23. The molecular formula is C17H30N2. The maximum Gasteiger partial charge on any atom is 0.0387 e. The molecule has 1 rings (SSSR count). The summed E-state index contributed by atoms with van der Waals surface area (Å²) in [5, 5.41) is 3.67. The molecule has 0 amide bonds. The van der Waals surface area contributed by atoms with Gasteiger partial charge in [-0.2, -0.15) is 0 Å². The second-order valence-corrected chi connectivity index (χ2v) is 5.79. The molecule has 0 bridgehead atoms. The number of nitrogens with one attached hydrogen (secondary N) is 1. The molecule has 0 heterocycles. The first-order valence-corrected chi connectivity index (χ1v) is 7.62. The van der Waals surface area contributed by atoms with Crippen LogP contribution < -0.4 is 5.32 Å². The number of hydrogen-bond acceptors (Lipinski definition) is 2. The number of benzene rings is 1. The van der Waals surface area contributed by atoms with Crippen LogP contribution in [-0.2, 0) is 6.54 Å². The summed E-state index contributed by atoms with van der Waals surface area (Å²) in [4.78, 5) is 2.21. The third-order valence-electron chi connectivity index (χ3n) is 3.40. The van der Waals surface area contributed by atoms with E-state index in [0.29, 0.717) is 6.04 Å². The van der Waals surface area contributed by atoms with Gasteiger partial charge in [0.2, 0.25) is 0 Å². The van der Waals surface area contributed by atoms with Gasteiger partial charge in [0.15, 0.2) is 0 Å². The molecule has 0 radical (unpaired) electrons. The number of nitrogens with zero attached hydrogens (tertiary/aromatic N) is 1. The first-order valence-electron chi connectivity index (χ1n) is 7.62. The van der Waals surface area contributed by atoms with Gasteiger partial charge in [-0.3, -0.25) is 0 Å². The topological polar surface area (TPSA) is 15.3 Å². The molecule has 0 aliphatic carbocycles. The highest BCUT2D eigenvalue weighted by atomic mass is 15.1. The lowest BCUT2D eigenvalue weighted by molar-refractivity contribution is 0.403. The van der Waals surface area contributed by atoms with Crippen LogP contribution in [-0.4, -0.2) is 25.0 Å². The van der Waals surface area contributed by atoms with Gasteiger partial charge in [0, 0.05) is 18.3 Å². The Bertz CT molecular complexity index is 347. The third kappa shape index (κ3) is 6.63. The van der Waals surface area contributed by atoms with Crippen molar-refractivity contribution in [2.45, 2.75) is 58.5 Å². The van der Waals surface area contributed by atoms with E-state index in [2.05, 4.69) is 62.4 Å². The van der Waals surface area contributed by atoms with Gasteiger partial charge in [0.25, 0.3) is 0 Å². The van der Waals surface area contributed by atoms with E-state index < -0.39 is 0 Å². The van der Waals surface area contributed by atoms with Crippen molar-refractivity contribution in [1.29, 1.82) is 0 Å². The lowest BCUT2D eigenvalue weighted by Crippen LogP contribution is -2.18. The molecule has 1 aromatic carbocycles. The zero-order valence-corrected chi connectivity index (χ0v) is 13.1. The molecule has 1 unspecified atom stereocenters. The summed E-state index contributed by atoms with van der Waals surface area (Å²) in [6.07, 6.45) is 6.63. The zero-order chi connectivity index (χ0) is 14.1. The quantitative estimate of drug-likeness (QED) is 0.658. The number of hydrogen-bond donors (Lipinski definition) is 1. The smallest absolute Gasteiger partial charge is 0.0387 e. The van der Waals surface area contributed by atoms with Crippen LogP contribution in [0.25, 0.3) is 0 Å². The Kier molecular flexibility index (Phi) is 7.57. The van der Waals surface area contributed by atoms with Crippen molar-refractivity contribution in [3.05, 3.63) is 29.8 Å². The van der Waals surface area contributed by atoms with Gasteiger partial charge in [-0.05, 0) is 39.1 Å². The normalized spacial score (nSPS) is 12.7. The van der Waals surface area contributed by atoms with Gasteiger partial charge in [-0.25, -0.2) is 0 Å². The fraction of sp³-hybridized carbons (Fsp3) is 0.647. The molecule has 0 saturated heterocycles. The van der Waals surface area contributed by atoms with E-state index in [0.717, 1.165) is 6.54 Å². The molecule has 0 saturated carbocycles. The van der Waals surface area contributed by atoms with Gasteiger partial charge in [0.1, 0.15) is 0 Å². The van der Waals surface area contributed by atoms with Crippen molar-refractivity contribution < 1.29 is 0 Å². The molecule has 0 aromatic heterocycles. The average Bonchev–Trinajstić information content (AvgIpc) is 2.36. The van der Waals surface area contributed by atoms with Crippen LogP contribution in [0.3, 0.4) is 0 Å². The Morgan fingerprint density at radius 2 is 1.84 bits per heavy atom. The SMILES string of the molecule is CCCCCCC(C)Nc1ccccc1CN(C)C. The summed E-state index contributed by atoms with van der Waals surface area (Å²) in [5.41, 5.74) is 2.67. The van der Waals surface area contributed by atoms with E-state index >= 15 is 0 Å². The minimum Gasteiger partial charge on any atom is -0.382 e. The molecule has 0 fully saturated rings. The van der Waals surface area contributed by atoms with Crippen LogP contribution in [0, 0.1) is 0 Å². The monoisotopic (exact) mass is 262 g/mol. The molecule has 2 nitrogen and oxygen atoms in total. The van der Waals surface area contributed by atoms with Crippen molar-refractivity contribution >= 4 is 5.69 Å². The van der Waals surface area contributed by atoms with Gasteiger partial charge in [0.05, 0.1) is 0 Å². The van der Waals surface area contributed by atoms with Crippen molar-refractivity contribution in [3.63, 3.8) is 0 Å². The van der Waals surface area contributed by atoms with E-state index in [-0.39, 0.29) is 0 Å². The number of unbranched alkanes of at least 4 members (excludes halogenated alkanes) is 3. The molecule has 19 heavy (non-hydrogen) atoms. The molecule has 1 atom stereocenters. The largest absolute Gasteiger partial charge is 0.382 e. The molecule has 0 spiro atoms. The van der Waals surface area contributed by atoms with Crippen molar-refractivity contribution in [1.82, 2.24) is 4.90 Å². The van der Waals surface area contributed by atoms with Crippen LogP contribution in [0.2, 0.25) is 0 Å². The predicted octanol–water partition coefficient (Wildman–Crippen LogP) is 4.52. The van der Waals surface area contributed by atoms with Crippen LogP contribution >= 0.6 is 0 Å². The minimum absolute atomic E-state index is 0.556. The Morgan fingerprint density at radius 1 is 1.11 bits per heavy atom. The van der Waals surface area contributed by atoms with Gasteiger partial charge in [-0.1, -0.05) is 50.8 Å². The van der Waals surface area contributed by atoms with Crippen LogP contribution in [0.15, 0.2) is 24.3 Å². The van der Waals surface area contributed by atoms with E-state index in [1.807, 2.05) is 0 Å². The molecular weight excluding hydrogens is 232 g/mol. The highest BCUT2D eigenvalue weighted by Crippen LogP contribution is 2.19. The Labute approximate surface area is 119 Å². The average molecular weight is 262 g/mol. The molecule has 0 aliphatic rings. The van der Waals surface area contributed by atoms with E-state index in [1.165, 1.54) is 43.4 Å². The molecule has 1 aromatic rings. The maximum atomic E-state index is 3.67. The predicted molar refractivity (Wildman–Crippen MR) is 85.7 cm³/mol. The number of anilines is 1. The lowest BCUT2D eigenvalue weighted by Gasteiger charge is -2.20. The Balaban J connectivity index is 2.46. The summed E-state index contributed by atoms with van der Waals surface area (Å²) in [6, 6.07) is 9.20. The molecule has 108 valence electrons. The standard InChI is InChI=1S/C17H30N2/c1-5-6-7-8-11-15(2)18-17-13-10-9-12-16(17)14-19(3)4/h9-10,12-13,15,18H,5-8,11,14H2,1-4H3. The summed E-state index contributed by atoms with van der Waals surface area (Å²) in [5.74, 6) is 0. The first kappa shape index (κ1) is 16.0. The van der Waals surface area contributed by atoms with Crippen LogP contribution in [0.4, 0.5) is 5.69 Å². The fourth-order valence-corrected chi connectivity index (χ4v) is 2.35. The van der Waals surface area contributed by atoms with Crippen molar-refractivity contribution in [2.75, 3.05) is 19.4 Å². The second kappa shape index (κ2) is 8.98. The number of rotatable bonds is 9. The Hall–Kier alpha value is -1.02. The van der Waals surface area contributed by atoms with Gasteiger partial charge in [-0.15, -0.1) is 0 Å². The molecule has 1 N–H and O–H groups in total. The van der Waals surface area contributed by atoms with E-state index in [1.54, 1.807) is 0 Å². The first-order chi connectivity index (χ1) is 9.13. The van der Waals surface area contributed by atoms with Crippen molar-refractivity contribution in [2.24, 2.45) is 0 Å². The van der Waals surface area contributed by atoms with Crippen LogP contribution in [0.5, 0.6) is 0 Å². The maximum absolute atomic E-state index is 3.67. The van der Waals surface area contributed by atoms with Gasteiger partial charge < -0.3 is 10.2 Å². The summed E-state index contributed by atoms with van der Waals surface area (Å²) in [6.45, 7) is 5.54. The molecule has 2 heteroatoms. The Morgan fingerprint density at radius 3 is 2.53 bits per heavy atom. The summed E-state index contributed by atoms with van der Waals surface area (Å²) >= 11 is 0.